The Morgan fingerprint density at radius 1 is 1.52 bits per heavy atom. The number of imidazole rings is 1. The Bertz CT molecular complexity index is 525. The molecule has 0 bridgehead atoms. The molecule has 1 heterocycles. The highest BCUT2D eigenvalue weighted by Crippen LogP contribution is 2.08. The Balaban J connectivity index is 2.48. The quantitative estimate of drug-likeness (QED) is 0.539. The minimum absolute atomic E-state index is 0.000572. The van der Waals surface area contributed by atoms with Crippen LogP contribution in [0.3, 0.4) is 0 Å². The van der Waals surface area contributed by atoms with Gasteiger partial charge < -0.3 is 25.1 Å². The lowest BCUT2D eigenvalue weighted by atomic mass is 10.0. The average molecular weight is 298 g/mol. The number of hydrogen-bond acceptors (Lipinski definition) is 5. The van der Waals surface area contributed by atoms with Crippen LogP contribution in [0.25, 0.3) is 0 Å². The number of aryl methyl sites for hydroxylation is 1. The van der Waals surface area contributed by atoms with Crippen LogP contribution in [-0.2, 0) is 16.1 Å². The summed E-state index contributed by atoms with van der Waals surface area (Å²) >= 11 is 0. The number of nitro groups is 1. The van der Waals surface area contributed by atoms with Crippen LogP contribution in [0.5, 0.6) is 0 Å². The molecule has 0 aromatic carbocycles. The van der Waals surface area contributed by atoms with Crippen molar-refractivity contribution >= 4 is 17.7 Å². The van der Waals surface area contributed by atoms with Gasteiger partial charge in [-0.25, -0.2) is 0 Å². The molecule has 0 aliphatic rings. The number of carboxylic acid groups (broad SMARTS) is 1. The number of carbonyl (C=O) groups is 2. The number of nitrogens with one attached hydrogen (secondary N) is 1. The Morgan fingerprint density at radius 2 is 2.19 bits per heavy atom. The maximum atomic E-state index is 11.8. The first-order chi connectivity index (χ1) is 9.79. The highest BCUT2D eigenvalue weighted by Gasteiger charge is 2.19. The first kappa shape index (κ1) is 16.6. The first-order valence-electron chi connectivity index (χ1n) is 6.47. The number of aromatic nitrogens is 2. The molecule has 0 aliphatic carbocycles. The summed E-state index contributed by atoms with van der Waals surface area (Å²) in [6.07, 6.45) is 2.48. The van der Waals surface area contributed by atoms with Gasteiger partial charge in [-0.1, -0.05) is 13.8 Å². The lowest BCUT2D eigenvalue weighted by Crippen LogP contribution is -2.40. The van der Waals surface area contributed by atoms with Gasteiger partial charge in [-0.15, -0.1) is 0 Å². The summed E-state index contributed by atoms with van der Waals surface area (Å²) in [5, 5.41) is 21.9. The molecule has 1 aromatic rings. The average Bonchev–Trinajstić information content (AvgIpc) is 2.83. The first-order valence-corrected chi connectivity index (χ1v) is 6.47. The second-order valence-electron chi connectivity index (χ2n) is 4.99. The van der Waals surface area contributed by atoms with E-state index in [1.807, 2.05) is 13.8 Å². The van der Waals surface area contributed by atoms with Crippen molar-refractivity contribution in [3.63, 3.8) is 0 Å². The molecule has 0 spiro atoms. The molecular weight excluding hydrogens is 280 g/mol. The van der Waals surface area contributed by atoms with Crippen LogP contribution in [0.2, 0.25) is 0 Å². The van der Waals surface area contributed by atoms with Gasteiger partial charge in [-0.3, -0.25) is 9.59 Å². The van der Waals surface area contributed by atoms with E-state index in [9.17, 15) is 19.7 Å². The largest absolute Gasteiger partial charge is 0.481 e. The summed E-state index contributed by atoms with van der Waals surface area (Å²) in [5.41, 5.74) is 0. The molecule has 9 heteroatoms. The molecule has 9 nitrogen and oxygen atoms in total. The summed E-state index contributed by atoms with van der Waals surface area (Å²) in [4.78, 5) is 35.9. The number of rotatable bonds is 8. The normalized spacial score (nSPS) is 12.1. The Hall–Kier alpha value is -2.45. The van der Waals surface area contributed by atoms with Gasteiger partial charge in [-0.2, -0.15) is 0 Å². The molecule has 1 unspecified atom stereocenters. The lowest BCUT2D eigenvalue weighted by molar-refractivity contribution is -0.389. The summed E-state index contributed by atoms with van der Waals surface area (Å²) in [6.45, 7) is 3.89. The maximum absolute atomic E-state index is 11.8. The third-order valence-corrected chi connectivity index (χ3v) is 2.95. The van der Waals surface area contributed by atoms with Crippen LogP contribution in [0.15, 0.2) is 12.5 Å². The number of carboxylic acids is 1. The zero-order chi connectivity index (χ0) is 16.0. The van der Waals surface area contributed by atoms with Crippen LogP contribution in [0.4, 0.5) is 5.82 Å². The molecule has 0 saturated heterocycles. The number of carbonyl (C=O) groups excluding carboxylic acids is 1. The van der Waals surface area contributed by atoms with E-state index in [2.05, 4.69) is 10.3 Å². The third kappa shape index (κ3) is 5.59. The van der Waals surface area contributed by atoms with E-state index >= 15 is 0 Å². The van der Waals surface area contributed by atoms with E-state index in [1.54, 1.807) is 0 Å². The fourth-order valence-corrected chi connectivity index (χ4v) is 1.72. The Labute approximate surface area is 121 Å². The predicted molar refractivity (Wildman–Crippen MR) is 72.5 cm³/mol. The molecule has 0 saturated carbocycles. The summed E-state index contributed by atoms with van der Waals surface area (Å²) in [5.74, 6) is -1.55. The zero-order valence-electron chi connectivity index (χ0n) is 11.9. The standard InChI is InChI=1S/C12H18N4O5/c1-8(2)9(5-12(18)19)14-11(17)3-4-15-6-10(13-7-15)16(20)21/h6-9H,3-5H2,1-2H3,(H,14,17)(H,18,19). The van der Waals surface area contributed by atoms with E-state index in [1.165, 1.54) is 17.1 Å². The van der Waals surface area contributed by atoms with Crippen molar-refractivity contribution in [1.29, 1.82) is 0 Å². The number of hydrogen-bond donors (Lipinski definition) is 2. The molecule has 0 fully saturated rings. The molecule has 1 amide bonds. The second-order valence-corrected chi connectivity index (χ2v) is 4.99. The van der Waals surface area contributed by atoms with Crippen molar-refractivity contribution < 1.29 is 19.6 Å². The molecular formula is C12H18N4O5. The molecule has 116 valence electrons. The predicted octanol–water partition coefficient (Wildman–Crippen LogP) is 0.797. The molecule has 0 aliphatic heterocycles. The van der Waals surface area contributed by atoms with Gasteiger partial charge in [0.2, 0.25) is 12.2 Å². The summed E-state index contributed by atoms with van der Waals surface area (Å²) in [6, 6.07) is -0.438. The highest BCUT2D eigenvalue weighted by atomic mass is 16.6. The van der Waals surface area contributed by atoms with E-state index in [4.69, 9.17) is 5.11 Å². The van der Waals surface area contributed by atoms with Crippen molar-refractivity contribution in [1.82, 2.24) is 14.9 Å². The molecule has 2 N–H and O–H groups in total. The SMILES string of the molecule is CC(C)C(CC(=O)O)NC(=O)CCn1cnc([N+](=O)[O-])c1. The van der Waals surface area contributed by atoms with Crippen LogP contribution in [-0.4, -0.2) is 37.5 Å². The van der Waals surface area contributed by atoms with Gasteiger partial charge in [0.15, 0.2) is 0 Å². The van der Waals surface area contributed by atoms with Crippen molar-refractivity contribution in [2.45, 2.75) is 39.3 Å². The van der Waals surface area contributed by atoms with Crippen molar-refractivity contribution in [3.05, 3.63) is 22.6 Å². The van der Waals surface area contributed by atoms with Crippen molar-refractivity contribution in [2.75, 3.05) is 0 Å². The lowest BCUT2D eigenvalue weighted by Gasteiger charge is -2.20. The van der Waals surface area contributed by atoms with E-state index in [0.29, 0.717) is 0 Å². The fourth-order valence-electron chi connectivity index (χ4n) is 1.72. The number of amides is 1. The maximum Gasteiger partial charge on any atom is 0.381 e. The van der Waals surface area contributed by atoms with E-state index < -0.39 is 16.9 Å². The highest BCUT2D eigenvalue weighted by molar-refractivity contribution is 5.77. The summed E-state index contributed by atoms with van der Waals surface area (Å²) in [7, 11) is 0. The van der Waals surface area contributed by atoms with Crippen LogP contribution >= 0.6 is 0 Å². The minimum atomic E-state index is -0.973. The zero-order valence-corrected chi connectivity index (χ0v) is 11.9. The Kier molecular flexibility index (Phi) is 5.82. The smallest absolute Gasteiger partial charge is 0.381 e. The van der Waals surface area contributed by atoms with Gasteiger partial charge in [0, 0.05) is 19.0 Å². The van der Waals surface area contributed by atoms with Gasteiger partial charge in [0.25, 0.3) is 0 Å². The fraction of sp³-hybridized carbons (Fsp3) is 0.583. The molecule has 1 rings (SSSR count). The van der Waals surface area contributed by atoms with E-state index in [0.717, 1.165) is 0 Å². The van der Waals surface area contributed by atoms with Gasteiger partial charge in [-0.05, 0) is 15.8 Å². The van der Waals surface area contributed by atoms with Crippen LogP contribution in [0, 0.1) is 16.0 Å². The van der Waals surface area contributed by atoms with Crippen LogP contribution < -0.4 is 5.32 Å². The molecule has 21 heavy (non-hydrogen) atoms. The molecule has 1 aromatic heterocycles. The van der Waals surface area contributed by atoms with Gasteiger partial charge in [0.05, 0.1) is 6.42 Å². The molecule has 1 atom stereocenters. The topological polar surface area (TPSA) is 127 Å². The third-order valence-electron chi connectivity index (χ3n) is 2.95. The van der Waals surface area contributed by atoms with Crippen LogP contribution in [0.1, 0.15) is 26.7 Å². The monoisotopic (exact) mass is 298 g/mol. The molecule has 0 radical (unpaired) electrons. The number of nitrogens with zero attached hydrogens (tertiary/aromatic N) is 3. The number of aliphatic carboxylic acids is 1. The van der Waals surface area contributed by atoms with Crippen molar-refractivity contribution in [2.24, 2.45) is 5.92 Å². The van der Waals surface area contributed by atoms with Gasteiger partial charge in [0.1, 0.15) is 6.20 Å². The van der Waals surface area contributed by atoms with Gasteiger partial charge >= 0.3 is 11.8 Å². The summed E-state index contributed by atoms with van der Waals surface area (Å²) < 4.78 is 1.44. The minimum Gasteiger partial charge on any atom is -0.481 e. The van der Waals surface area contributed by atoms with Crippen molar-refractivity contribution in [3.8, 4) is 0 Å². The van der Waals surface area contributed by atoms with E-state index in [-0.39, 0.29) is 37.0 Å². The second kappa shape index (κ2) is 7.36. The Morgan fingerprint density at radius 3 is 2.67 bits per heavy atom.